The zero-order valence-electron chi connectivity index (χ0n) is 12.0. The van der Waals surface area contributed by atoms with Gasteiger partial charge in [0.15, 0.2) is 0 Å². The fourth-order valence-electron chi connectivity index (χ4n) is 2.42. The summed E-state index contributed by atoms with van der Waals surface area (Å²) in [7, 11) is 0. The van der Waals surface area contributed by atoms with Crippen LogP contribution in [0.25, 0.3) is 0 Å². The molecule has 2 aromatic rings. The van der Waals surface area contributed by atoms with E-state index < -0.39 is 0 Å². The van der Waals surface area contributed by atoms with Gasteiger partial charge in [-0.2, -0.15) is 11.3 Å². The van der Waals surface area contributed by atoms with Gasteiger partial charge in [-0.25, -0.2) is 0 Å². The number of hydrogen-bond acceptors (Lipinski definition) is 4. The largest absolute Gasteiger partial charge is 0.312 e. The molecule has 1 N–H and O–H groups in total. The molecule has 1 fully saturated rings. The highest BCUT2D eigenvalue weighted by atomic mass is 32.1. The minimum absolute atomic E-state index is 0.814. The Morgan fingerprint density at radius 2 is 2.05 bits per heavy atom. The highest BCUT2D eigenvalue weighted by Gasteiger charge is 2.29. The van der Waals surface area contributed by atoms with Gasteiger partial charge >= 0.3 is 0 Å². The van der Waals surface area contributed by atoms with E-state index in [9.17, 15) is 0 Å². The Morgan fingerprint density at radius 1 is 1.20 bits per heavy atom. The topological polar surface area (TPSA) is 15.3 Å². The van der Waals surface area contributed by atoms with Crippen molar-refractivity contribution in [2.75, 3.05) is 6.54 Å². The second kappa shape index (κ2) is 6.85. The van der Waals surface area contributed by atoms with E-state index in [4.69, 9.17) is 0 Å². The lowest BCUT2D eigenvalue weighted by molar-refractivity contribution is 0.248. The van der Waals surface area contributed by atoms with Gasteiger partial charge < -0.3 is 5.32 Å². The maximum atomic E-state index is 3.40. The molecule has 108 valence electrons. The van der Waals surface area contributed by atoms with Crippen LogP contribution in [0.1, 0.15) is 35.1 Å². The van der Waals surface area contributed by atoms with Gasteiger partial charge in [0.1, 0.15) is 0 Å². The molecule has 20 heavy (non-hydrogen) atoms. The average Bonchev–Trinajstić information content (AvgIpc) is 3.00. The van der Waals surface area contributed by atoms with Gasteiger partial charge in [0, 0.05) is 35.4 Å². The Bertz CT molecular complexity index is 514. The summed E-state index contributed by atoms with van der Waals surface area (Å²) >= 11 is 3.76. The monoisotopic (exact) mass is 306 g/mol. The summed E-state index contributed by atoms with van der Waals surface area (Å²) in [5.41, 5.74) is 1.46. The lowest BCUT2D eigenvalue weighted by atomic mass is 10.3. The van der Waals surface area contributed by atoms with Crippen molar-refractivity contribution in [3.05, 3.63) is 44.3 Å². The van der Waals surface area contributed by atoms with E-state index in [-0.39, 0.29) is 0 Å². The van der Waals surface area contributed by atoms with Crippen LogP contribution in [0.2, 0.25) is 0 Å². The fourth-order valence-corrected chi connectivity index (χ4v) is 4.09. The summed E-state index contributed by atoms with van der Waals surface area (Å²) < 4.78 is 0. The highest BCUT2D eigenvalue weighted by molar-refractivity contribution is 7.12. The molecule has 0 aliphatic heterocycles. The third-order valence-corrected chi connectivity index (χ3v) is 5.46. The Hall–Kier alpha value is -0.680. The Kier molecular flexibility index (Phi) is 4.89. The molecule has 1 saturated carbocycles. The second-order valence-electron chi connectivity index (χ2n) is 5.42. The first-order valence-corrected chi connectivity index (χ1v) is 9.14. The summed E-state index contributed by atoms with van der Waals surface area (Å²) in [6.45, 7) is 6.42. The summed E-state index contributed by atoms with van der Waals surface area (Å²) in [5, 5.41) is 7.86. The van der Waals surface area contributed by atoms with E-state index in [2.05, 4.69) is 46.1 Å². The van der Waals surface area contributed by atoms with Crippen LogP contribution < -0.4 is 5.32 Å². The molecule has 2 nitrogen and oxygen atoms in total. The molecule has 0 spiro atoms. The third-order valence-electron chi connectivity index (χ3n) is 3.65. The number of rotatable bonds is 8. The van der Waals surface area contributed by atoms with Gasteiger partial charge in [-0.1, -0.05) is 6.92 Å². The molecule has 1 aliphatic rings. The van der Waals surface area contributed by atoms with Crippen LogP contribution in [-0.2, 0) is 19.6 Å². The maximum Gasteiger partial charge on any atom is 0.0334 e. The maximum absolute atomic E-state index is 3.40. The zero-order valence-corrected chi connectivity index (χ0v) is 13.6. The molecule has 0 amide bonds. The van der Waals surface area contributed by atoms with E-state index in [1.54, 1.807) is 11.3 Å². The van der Waals surface area contributed by atoms with Crippen molar-refractivity contribution in [3.63, 3.8) is 0 Å². The van der Waals surface area contributed by atoms with Crippen molar-refractivity contribution in [2.24, 2.45) is 0 Å². The van der Waals surface area contributed by atoms with Crippen LogP contribution in [0.3, 0.4) is 0 Å². The molecular weight excluding hydrogens is 284 g/mol. The Balaban J connectivity index is 1.59. The van der Waals surface area contributed by atoms with Gasteiger partial charge in [0.2, 0.25) is 0 Å². The molecule has 0 saturated heterocycles. The first-order chi connectivity index (χ1) is 9.85. The van der Waals surface area contributed by atoms with Crippen molar-refractivity contribution in [1.82, 2.24) is 10.2 Å². The molecule has 0 bridgehead atoms. The SMILES string of the molecule is CCNCc1ccc(CN(Cc2ccsc2)C2CC2)s1. The number of nitrogens with zero attached hydrogens (tertiary/aromatic N) is 1. The lowest BCUT2D eigenvalue weighted by Crippen LogP contribution is -2.24. The van der Waals surface area contributed by atoms with Crippen molar-refractivity contribution >= 4 is 22.7 Å². The third kappa shape index (κ3) is 3.92. The Labute approximate surface area is 129 Å². The van der Waals surface area contributed by atoms with Gasteiger partial charge in [0.25, 0.3) is 0 Å². The zero-order chi connectivity index (χ0) is 13.8. The molecule has 2 aromatic heterocycles. The highest BCUT2D eigenvalue weighted by Crippen LogP contribution is 2.31. The quantitative estimate of drug-likeness (QED) is 0.790. The van der Waals surface area contributed by atoms with Gasteiger partial charge in [-0.05, 0) is 53.9 Å². The van der Waals surface area contributed by atoms with Crippen LogP contribution in [0.15, 0.2) is 29.0 Å². The van der Waals surface area contributed by atoms with Crippen molar-refractivity contribution < 1.29 is 0 Å². The standard InChI is InChI=1S/C16H22N2S2/c1-2-17-9-15-5-6-16(20-15)11-18(14-3-4-14)10-13-7-8-19-12-13/h5-8,12,14,17H,2-4,9-11H2,1H3. The molecular formula is C16H22N2S2. The van der Waals surface area contributed by atoms with Crippen molar-refractivity contribution in [1.29, 1.82) is 0 Å². The first kappa shape index (κ1) is 14.3. The average molecular weight is 307 g/mol. The fraction of sp³-hybridized carbons (Fsp3) is 0.500. The van der Waals surface area contributed by atoms with E-state index >= 15 is 0 Å². The second-order valence-corrected chi connectivity index (χ2v) is 7.45. The number of hydrogen-bond donors (Lipinski definition) is 1. The van der Waals surface area contributed by atoms with Gasteiger partial charge in [0.05, 0.1) is 0 Å². The van der Waals surface area contributed by atoms with E-state index in [1.165, 1.54) is 28.2 Å². The Morgan fingerprint density at radius 3 is 2.75 bits per heavy atom. The minimum atomic E-state index is 0.814. The van der Waals surface area contributed by atoms with Crippen LogP contribution >= 0.6 is 22.7 Å². The molecule has 0 radical (unpaired) electrons. The van der Waals surface area contributed by atoms with E-state index in [0.717, 1.165) is 32.2 Å². The molecule has 2 heterocycles. The van der Waals surface area contributed by atoms with E-state index in [1.807, 2.05) is 11.3 Å². The molecule has 0 atom stereocenters. The predicted molar refractivity (Wildman–Crippen MR) is 88.3 cm³/mol. The minimum Gasteiger partial charge on any atom is -0.312 e. The lowest BCUT2D eigenvalue weighted by Gasteiger charge is -2.20. The van der Waals surface area contributed by atoms with Crippen LogP contribution in [0.4, 0.5) is 0 Å². The van der Waals surface area contributed by atoms with Gasteiger partial charge in [-0.3, -0.25) is 4.90 Å². The normalized spacial score (nSPS) is 15.1. The van der Waals surface area contributed by atoms with Crippen LogP contribution in [0, 0.1) is 0 Å². The molecule has 1 aliphatic carbocycles. The summed E-state index contributed by atoms with van der Waals surface area (Å²) in [5.74, 6) is 0. The molecule has 0 aromatic carbocycles. The van der Waals surface area contributed by atoms with Crippen molar-refractivity contribution in [3.8, 4) is 0 Å². The summed E-state index contributed by atoms with van der Waals surface area (Å²) in [6, 6.07) is 7.65. The summed E-state index contributed by atoms with van der Waals surface area (Å²) in [4.78, 5) is 5.60. The van der Waals surface area contributed by atoms with Crippen LogP contribution in [-0.4, -0.2) is 17.5 Å². The van der Waals surface area contributed by atoms with Gasteiger partial charge in [-0.15, -0.1) is 11.3 Å². The first-order valence-electron chi connectivity index (χ1n) is 7.38. The number of nitrogens with one attached hydrogen (secondary N) is 1. The number of thiophene rings is 2. The van der Waals surface area contributed by atoms with Crippen molar-refractivity contribution in [2.45, 2.75) is 45.4 Å². The van der Waals surface area contributed by atoms with Crippen LogP contribution in [0.5, 0.6) is 0 Å². The molecule has 0 unspecified atom stereocenters. The molecule has 4 heteroatoms. The van der Waals surface area contributed by atoms with E-state index in [0.29, 0.717) is 0 Å². The summed E-state index contributed by atoms with van der Waals surface area (Å²) in [6.07, 6.45) is 2.75. The predicted octanol–water partition coefficient (Wildman–Crippen LogP) is 4.08. The molecule has 3 rings (SSSR count). The smallest absolute Gasteiger partial charge is 0.0334 e.